The Labute approximate surface area is 254 Å². The number of amides is 2. The second kappa shape index (κ2) is 15.7. The van der Waals surface area contributed by atoms with Gasteiger partial charge in [0.05, 0.1) is 25.7 Å². The number of para-hydroxylation sites is 1. The average molecular weight is 576 g/mol. The molecule has 6 heteroatoms. The first-order chi connectivity index (χ1) is 20.3. The minimum Gasteiger partial charge on any atom is -0.325 e. The lowest BCUT2D eigenvalue weighted by atomic mass is 9.95. The molecule has 0 aromatic heterocycles. The van der Waals surface area contributed by atoms with Crippen molar-refractivity contribution in [3.05, 3.63) is 59.2 Å². The molecular formula is C36H55N4O2+. The van der Waals surface area contributed by atoms with E-state index in [0.717, 1.165) is 111 Å². The zero-order valence-electron chi connectivity index (χ0n) is 26.7. The van der Waals surface area contributed by atoms with Gasteiger partial charge in [0.1, 0.15) is 0 Å². The third-order valence-corrected chi connectivity index (χ3v) is 9.77. The van der Waals surface area contributed by atoms with Crippen LogP contribution >= 0.6 is 0 Å². The van der Waals surface area contributed by atoms with Crippen molar-refractivity contribution in [3.8, 4) is 0 Å². The molecular weight excluding hydrogens is 520 g/mol. The average Bonchev–Trinajstić information content (AvgIpc) is 2.99. The van der Waals surface area contributed by atoms with Gasteiger partial charge >= 0.3 is 0 Å². The predicted octanol–water partition coefficient (Wildman–Crippen LogP) is 7.38. The summed E-state index contributed by atoms with van der Waals surface area (Å²) >= 11 is 0. The smallest absolute Gasteiger partial charge is 0.282 e. The Morgan fingerprint density at radius 1 is 0.810 bits per heavy atom. The third kappa shape index (κ3) is 8.44. The first kappa shape index (κ1) is 32.2. The molecule has 2 N–H and O–H groups in total. The van der Waals surface area contributed by atoms with Gasteiger partial charge in [0.15, 0.2) is 6.04 Å². The van der Waals surface area contributed by atoms with Gasteiger partial charge < -0.3 is 15.1 Å². The van der Waals surface area contributed by atoms with Crippen LogP contribution in [0.15, 0.2) is 42.5 Å². The summed E-state index contributed by atoms with van der Waals surface area (Å²) in [4.78, 5) is 29.4. The highest BCUT2D eigenvalue weighted by Gasteiger charge is 2.43. The van der Waals surface area contributed by atoms with Crippen LogP contribution in [0.5, 0.6) is 0 Å². The largest absolute Gasteiger partial charge is 0.325 e. The van der Waals surface area contributed by atoms with E-state index in [1.165, 1.54) is 24.8 Å². The maximum atomic E-state index is 13.8. The summed E-state index contributed by atoms with van der Waals surface area (Å²) in [5.41, 5.74) is 5.34. The molecule has 2 amide bonds. The van der Waals surface area contributed by atoms with Gasteiger partial charge in [-0.15, -0.1) is 0 Å². The highest BCUT2D eigenvalue weighted by atomic mass is 16.2. The maximum absolute atomic E-state index is 13.8. The van der Waals surface area contributed by atoms with Crippen LogP contribution in [0, 0.1) is 20.8 Å². The molecule has 0 radical (unpaired) electrons. The van der Waals surface area contributed by atoms with Crippen LogP contribution in [-0.2, 0) is 9.59 Å². The SMILES string of the molecule is CCCC[N+]1(CCCCCN2CCCCC2C(=O)Nc2ccc(C)cc2)CCCCC1C(=O)Nc1c(C)cccc1C. The molecule has 2 aromatic carbocycles. The van der Waals surface area contributed by atoms with Gasteiger partial charge in [0, 0.05) is 17.8 Å². The number of aryl methyl sites for hydroxylation is 3. The first-order valence-electron chi connectivity index (χ1n) is 16.7. The van der Waals surface area contributed by atoms with Crippen LogP contribution < -0.4 is 10.6 Å². The zero-order chi connectivity index (χ0) is 30.0. The standard InChI is InChI=1S/C36H54N4O2/c1-5-6-25-40(27-13-9-18-33(40)36(42)38-34-29(3)15-14-16-30(34)4)26-12-7-10-23-39-24-11-8-17-32(39)35(41)37-31-21-19-28(2)20-22-31/h14-16,19-22,32-33H,5-13,17-18,23-27H2,1-4H3,(H-,37,38,41,42)/p+1. The number of likely N-dealkylation sites (tertiary alicyclic amines) is 2. The van der Waals surface area contributed by atoms with E-state index < -0.39 is 0 Å². The highest BCUT2D eigenvalue weighted by molar-refractivity contribution is 5.96. The van der Waals surface area contributed by atoms with Crippen LogP contribution in [0.25, 0.3) is 0 Å². The Balaban J connectivity index is 1.33. The van der Waals surface area contributed by atoms with Crippen LogP contribution in [0.4, 0.5) is 11.4 Å². The van der Waals surface area contributed by atoms with Crippen molar-refractivity contribution in [3.63, 3.8) is 0 Å². The van der Waals surface area contributed by atoms with E-state index in [-0.39, 0.29) is 23.9 Å². The first-order valence-corrected chi connectivity index (χ1v) is 16.7. The minimum atomic E-state index is -0.0388. The number of anilines is 2. The number of benzene rings is 2. The zero-order valence-corrected chi connectivity index (χ0v) is 26.7. The molecule has 2 aromatic rings. The molecule has 0 saturated carbocycles. The van der Waals surface area contributed by atoms with Gasteiger partial charge in [-0.1, -0.05) is 55.7 Å². The van der Waals surface area contributed by atoms with Crippen molar-refractivity contribution in [1.82, 2.24) is 4.90 Å². The summed E-state index contributed by atoms with van der Waals surface area (Å²) < 4.78 is 0.940. The van der Waals surface area contributed by atoms with E-state index in [1.54, 1.807) is 0 Å². The van der Waals surface area contributed by atoms with Gasteiger partial charge in [-0.2, -0.15) is 0 Å². The second-order valence-corrected chi connectivity index (χ2v) is 13.0. The van der Waals surface area contributed by atoms with Gasteiger partial charge in [-0.3, -0.25) is 14.5 Å². The summed E-state index contributed by atoms with van der Waals surface area (Å²) in [7, 11) is 0. The van der Waals surface area contributed by atoms with Crippen LogP contribution in [-0.4, -0.2) is 66.0 Å². The Morgan fingerprint density at radius 2 is 1.52 bits per heavy atom. The monoisotopic (exact) mass is 575 g/mol. The molecule has 230 valence electrons. The summed E-state index contributed by atoms with van der Waals surface area (Å²) in [6.07, 6.45) is 12.2. The Morgan fingerprint density at radius 3 is 2.26 bits per heavy atom. The molecule has 2 heterocycles. The van der Waals surface area contributed by atoms with Crippen molar-refractivity contribution in [1.29, 1.82) is 0 Å². The molecule has 2 aliphatic rings. The van der Waals surface area contributed by atoms with E-state index in [4.69, 9.17) is 0 Å². The number of piperidine rings is 2. The van der Waals surface area contributed by atoms with E-state index in [0.29, 0.717) is 0 Å². The number of hydrogen-bond donors (Lipinski definition) is 2. The lowest BCUT2D eigenvalue weighted by Crippen LogP contribution is -2.63. The number of carbonyl (C=O) groups excluding carboxylic acids is 2. The Kier molecular flexibility index (Phi) is 12.0. The van der Waals surface area contributed by atoms with E-state index >= 15 is 0 Å². The highest BCUT2D eigenvalue weighted by Crippen LogP contribution is 2.30. The Bertz CT molecular complexity index is 1140. The quantitative estimate of drug-likeness (QED) is 0.193. The van der Waals surface area contributed by atoms with Crippen molar-refractivity contribution < 1.29 is 14.1 Å². The van der Waals surface area contributed by atoms with Crippen LogP contribution in [0.3, 0.4) is 0 Å². The molecule has 2 fully saturated rings. The van der Waals surface area contributed by atoms with Gasteiger partial charge in [0.25, 0.3) is 5.91 Å². The fourth-order valence-electron chi connectivity index (χ4n) is 7.25. The number of rotatable bonds is 13. The number of quaternary nitrogens is 1. The Hall–Kier alpha value is -2.70. The normalized spacial score (nSPS) is 23.0. The van der Waals surface area contributed by atoms with Crippen molar-refractivity contribution in [2.75, 3.05) is 43.4 Å². The molecule has 0 bridgehead atoms. The molecule has 4 rings (SSSR count). The predicted molar refractivity (Wildman–Crippen MR) is 175 cm³/mol. The van der Waals surface area contributed by atoms with Crippen molar-refractivity contribution in [2.45, 2.75) is 110 Å². The van der Waals surface area contributed by atoms with Crippen molar-refractivity contribution in [2.24, 2.45) is 0 Å². The maximum Gasteiger partial charge on any atom is 0.282 e. The molecule has 2 saturated heterocycles. The van der Waals surface area contributed by atoms with E-state index in [1.807, 2.05) is 24.3 Å². The second-order valence-electron chi connectivity index (χ2n) is 13.0. The lowest BCUT2D eigenvalue weighted by molar-refractivity contribution is -0.947. The topological polar surface area (TPSA) is 61.4 Å². The molecule has 0 aliphatic carbocycles. The molecule has 3 unspecified atom stereocenters. The number of unbranched alkanes of at least 4 members (excludes halogenated alkanes) is 3. The van der Waals surface area contributed by atoms with Gasteiger partial charge in [0.2, 0.25) is 5.91 Å². The fourth-order valence-corrected chi connectivity index (χ4v) is 7.25. The summed E-state index contributed by atoms with van der Waals surface area (Å²) in [6.45, 7) is 13.7. The van der Waals surface area contributed by atoms with Crippen molar-refractivity contribution >= 4 is 23.2 Å². The number of carbonyl (C=O) groups is 2. The van der Waals surface area contributed by atoms with E-state index in [9.17, 15) is 9.59 Å². The molecule has 42 heavy (non-hydrogen) atoms. The summed E-state index contributed by atoms with van der Waals surface area (Å²) in [5, 5.41) is 6.52. The molecule has 2 aliphatic heterocycles. The van der Waals surface area contributed by atoms with E-state index in [2.05, 4.69) is 61.4 Å². The van der Waals surface area contributed by atoms with Crippen LogP contribution in [0.1, 0.15) is 94.2 Å². The number of nitrogens with one attached hydrogen (secondary N) is 2. The fraction of sp³-hybridized carbons (Fsp3) is 0.611. The van der Waals surface area contributed by atoms with Gasteiger partial charge in [-0.25, -0.2) is 0 Å². The summed E-state index contributed by atoms with van der Waals surface area (Å²) in [6, 6.07) is 14.3. The molecule has 3 atom stereocenters. The van der Waals surface area contributed by atoms with Crippen LogP contribution in [0.2, 0.25) is 0 Å². The summed E-state index contributed by atoms with van der Waals surface area (Å²) in [5.74, 6) is 0.340. The lowest BCUT2D eigenvalue weighted by Gasteiger charge is -2.47. The molecule has 0 spiro atoms. The molecule has 6 nitrogen and oxygen atoms in total. The third-order valence-electron chi connectivity index (χ3n) is 9.77. The minimum absolute atomic E-state index is 0.0289. The number of nitrogens with zero attached hydrogens (tertiary/aromatic N) is 2. The number of hydrogen-bond acceptors (Lipinski definition) is 3. The van der Waals surface area contributed by atoms with Gasteiger partial charge in [-0.05, 0) is 108 Å².